The molecule has 1 heterocycles. The number of hydrogen-bond acceptors (Lipinski definition) is 4. The maximum atomic E-state index is 5.57. The molecule has 5 heteroatoms. The average Bonchev–Trinajstić information content (AvgIpc) is 2.82. The molecule has 0 atom stereocenters. The van der Waals surface area contributed by atoms with Crippen molar-refractivity contribution in [2.24, 2.45) is 0 Å². The molecule has 0 bridgehead atoms. The van der Waals surface area contributed by atoms with Gasteiger partial charge in [-0.1, -0.05) is 22.9 Å². The maximum Gasteiger partial charge on any atom is 0.399 e. The van der Waals surface area contributed by atoms with Crippen molar-refractivity contribution in [3.05, 3.63) is 40.2 Å². The zero-order valence-electron chi connectivity index (χ0n) is 11.1. The smallest absolute Gasteiger partial charge is 0.399 e. The normalized spacial score (nSPS) is 10.7. The second kappa shape index (κ2) is 6.73. The SMILES string of the molecule is CCCNCc1coc(Oc2ccc(Br)c(C)c2)n1. The van der Waals surface area contributed by atoms with Crippen LogP contribution in [0, 0.1) is 6.92 Å². The number of nitrogens with zero attached hydrogens (tertiary/aromatic N) is 1. The molecule has 0 aliphatic rings. The molecule has 0 unspecified atom stereocenters. The highest BCUT2D eigenvalue weighted by atomic mass is 79.9. The molecule has 19 heavy (non-hydrogen) atoms. The molecule has 0 amide bonds. The van der Waals surface area contributed by atoms with Gasteiger partial charge in [-0.25, -0.2) is 0 Å². The number of rotatable bonds is 6. The van der Waals surface area contributed by atoms with E-state index in [0.717, 1.165) is 34.4 Å². The van der Waals surface area contributed by atoms with Gasteiger partial charge in [0.05, 0.1) is 5.69 Å². The lowest BCUT2D eigenvalue weighted by atomic mass is 10.2. The Kier molecular flexibility index (Phi) is 4.99. The average molecular weight is 325 g/mol. The highest BCUT2D eigenvalue weighted by molar-refractivity contribution is 9.10. The van der Waals surface area contributed by atoms with Crippen molar-refractivity contribution in [2.75, 3.05) is 6.54 Å². The van der Waals surface area contributed by atoms with Gasteiger partial charge in [0.1, 0.15) is 12.0 Å². The summed E-state index contributed by atoms with van der Waals surface area (Å²) >= 11 is 3.45. The number of halogens is 1. The van der Waals surface area contributed by atoms with Crippen LogP contribution < -0.4 is 10.1 Å². The van der Waals surface area contributed by atoms with Gasteiger partial charge in [0.25, 0.3) is 0 Å². The van der Waals surface area contributed by atoms with Crippen molar-refractivity contribution in [1.29, 1.82) is 0 Å². The van der Waals surface area contributed by atoms with E-state index in [1.54, 1.807) is 6.26 Å². The Morgan fingerprint density at radius 3 is 3.00 bits per heavy atom. The number of hydrogen-bond donors (Lipinski definition) is 1. The maximum absolute atomic E-state index is 5.57. The van der Waals surface area contributed by atoms with Crippen LogP contribution in [-0.4, -0.2) is 11.5 Å². The van der Waals surface area contributed by atoms with Gasteiger partial charge < -0.3 is 14.5 Å². The summed E-state index contributed by atoms with van der Waals surface area (Å²) in [4.78, 5) is 4.27. The van der Waals surface area contributed by atoms with Crippen molar-refractivity contribution in [3.63, 3.8) is 0 Å². The predicted molar refractivity (Wildman–Crippen MR) is 77.5 cm³/mol. The molecule has 2 aromatic rings. The predicted octanol–water partition coefficient (Wildman–Crippen LogP) is 4.04. The van der Waals surface area contributed by atoms with Crippen LogP contribution in [-0.2, 0) is 6.54 Å². The van der Waals surface area contributed by atoms with Gasteiger partial charge in [-0.3, -0.25) is 0 Å². The van der Waals surface area contributed by atoms with E-state index < -0.39 is 0 Å². The Labute approximate surface area is 121 Å². The van der Waals surface area contributed by atoms with Crippen LogP contribution in [0.25, 0.3) is 0 Å². The summed E-state index contributed by atoms with van der Waals surface area (Å²) in [6, 6.07) is 5.75. The van der Waals surface area contributed by atoms with Gasteiger partial charge in [0.15, 0.2) is 0 Å². The molecule has 2 rings (SSSR count). The lowest BCUT2D eigenvalue weighted by molar-refractivity contribution is 0.330. The van der Waals surface area contributed by atoms with Crippen molar-refractivity contribution >= 4 is 15.9 Å². The largest absolute Gasteiger partial charge is 0.417 e. The first kappa shape index (κ1) is 14.1. The first-order valence-corrected chi connectivity index (χ1v) is 7.07. The molecule has 0 aliphatic heterocycles. The molecule has 1 N–H and O–H groups in total. The van der Waals surface area contributed by atoms with Crippen LogP contribution in [0.15, 0.2) is 33.4 Å². The van der Waals surface area contributed by atoms with Gasteiger partial charge in [0.2, 0.25) is 0 Å². The van der Waals surface area contributed by atoms with Crippen LogP contribution in [0.2, 0.25) is 0 Å². The Balaban J connectivity index is 1.97. The summed E-state index contributed by atoms with van der Waals surface area (Å²) in [5.41, 5.74) is 1.95. The number of oxazole rings is 1. The summed E-state index contributed by atoms with van der Waals surface area (Å²) < 4.78 is 11.9. The van der Waals surface area contributed by atoms with E-state index in [2.05, 4.69) is 33.2 Å². The van der Waals surface area contributed by atoms with E-state index in [9.17, 15) is 0 Å². The van der Waals surface area contributed by atoms with Crippen LogP contribution in [0.3, 0.4) is 0 Å². The number of ether oxygens (including phenoxy) is 1. The fourth-order valence-corrected chi connectivity index (χ4v) is 1.84. The monoisotopic (exact) mass is 324 g/mol. The van der Waals surface area contributed by atoms with Crippen LogP contribution in [0.4, 0.5) is 0 Å². The first-order chi connectivity index (χ1) is 9.19. The summed E-state index contributed by atoms with van der Waals surface area (Å²) in [5.74, 6) is 0.718. The summed E-state index contributed by atoms with van der Waals surface area (Å²) in [7, 11) is 0. The van der Waals surface area contributed by atoms with Gasteiger partial charge >= 0.3 is 6.08 Å². The molecule has 0 aliphatic carbocycles. The number of aromatic nitrogens is 1. The Bertz CT molecular complexity index is 540. The summed E-state index contributed by atoms with van der Waals surface area (Å²) in [6.07, 6.45) is 2.98. The molecular weight excluding hydrogens is 308 g/mol. The van der Waals surface area contributed by atoms with E-state index in [1.165, 1.54) is 0 Å². The van der Waals surface area contributed by atoms with E-state index in [1.807, 2.05) is 25.1 Å². The van der Waals surface area contributed by atoms with Crippen molar-refractivity contribution in [3.8, 4) is 11.8 Å². The molecular formula is C14H17BrN2O2. The third-order valence-corrected chi connectivity index (χ3v) is 3.49. The Morgan fingerprint density at radius 2 is 2.26 bits per heavy atom. The van der Waals surface area contributed by atoms with E-state index in [-0.39, 0.29) is 6.08 Å². The van der Waals surface area contributed by atoms with Crippen LogP contribution in [0.1, 0.15) is 24.6 Å². The molecule has 1 aromatic heterocycles. The third kappa shape index (κ3) is 4.08. The van der Waals surface area contributed by atoms with Crippen LogP contribution >= 0.6 is 15.9 Å². The van der Waals surface area contributed by atoms with Crippen molar-refractivity contribution < 1.29 is 9.15 Å². The Hall–Kier alpha value is -1.33. The minimum atomic E-state index is 0.273. The van der Waals surface area contributed by atoms with Gasteiger partial charge in [-0.2, -0.15) is 4.98 Å². The molecule has 1 aromatic carbocycles. The molecule has 102 valence electrons. The summed E-state index contributed by atoms with van der Waals surface area (Å²) in [5, 5.41) is 3.26. The number of benzene rings is 1. The number of nitrogens with one attached hydrogen (secondary N) is 1. The lowest BCUT2D eigenvalue weighted by Crippen LogP contribution is -2.13. The van der Waals surface area contributed by atoms with E-state index in [0.29, 0.717) is 6.54 Å². The van der Waals surface area contributed by atoms with Gasteiger partial charge in [-0.15, -0.1) is 0 Å². The molecule has 0 spiro atoms. The fourth-order valence-electron chi connectivity index (χ4n) is 1.59. The highest BCUT2D eigenvalue weighted by Gasteiger charge is 2.07. The minimum absolute atomic E-state index is 0.273. The zero-order valence-corrected chi connectivity index (χ0v) is 12.7. The number of aryl methyl sites for hydroxylation is 1. The standard InChI is InChI=1S/C14H17BrN2O2/c1-3-6-16-8-11-9-18-14(17-11)19-12-4-5-13(15)10(2)7-12/h4-5,7,9,16H,3,6,8H2,1-2H3. The highest BCUT2D eigenvalue weighted by Crippen LogP contribution is 2.25. The Morgan fingerprint density at radius 1 is 1.42 bits per heavy atom. The fraction of sp³-hybridized carbons (Fsp3) is 0.357. The van der Waals surface area contributed by atoms with E-state index in [4.69, 9.17) is 9.15 Å². The molecule has 4 nitrogen and oxygen atoms in total. The lowest BCUT2D eigenvalue weighted by Gasteiger charge is -2.03. The van der Waals surface area contributed by atoms with Gasteiger partial charge in [0, 0.05) is 11.0 Å². The van der Waals surface area contributed by atoms with E-state index >= 15 is 0 Å². The molecule has 0 radical (unpaired) electrons. The van der Waals surface area contributed by atoms with Gasteiger partial charge in [-0.05, 0) is 43.7 Å². The van der Waals surface area contributed by atoms with Crippen LogP contribution in [0.5, 0.6) is 11.8 Å². The van der Waals surface area contributed by atoms with Crippen molar-refractivity contribution in [2.45, 2.75) is 26.8 Å². The summed E-state index contributed by atoms with van der Waals surface area (Å²) in [6.45, 7) is 5.79. The quantitative estimate of drug-likeness (QED) is 0.815. The first-order valence-electron chi connectivity index (χ1n) is 6.28. The molecule has 0 saturated heterocycles. The second-order valence-corrected chi connectivity index (χ2v) is 5.15. The second-order valence-electron chi connectivity index (χ2n) is 4.29. The molecule has 0 fully saturated rings. The topological polar surface area (TPSA) is 47.3 Å². The van der Waals surface area contributed by atoms with Crippen molar-refractivity contribution in [1.82, 2.24) is 10.3 Å². The third-order valence-electron chi connectivity index (χ3n) is 2.60. The zero-order chi connectivity index (χ0) is 13.7. The molecule has 0 saturated carbocycles. The minimum Gasteiger partial charge on any atom is -0.417 e.